The van der Waals surface area contributed by atoms with Crippen LogP contribution in [-0.2, 0) is 4.79 Å². The van der Waals surface area contributed by atoms with Crippen molar-refractivity contribution in [3.05, 3.63) is 64.4 Å². The van der Waals surface area contributed by atoms with Crippen LogP contribution in [0.5, 0.6) is 0 Å². The van der Waals surface area contributed by atoms with Gasteiger partial charge in [-0.2, -0.15) is 0 Å². The zero-order chi connectivity index (χ0) is 15.9. The molecular weight excluding hydrogens is 346 g/mol. The Balaban J connectivity index is 1.84. The van der Waals surface area contributed by atoms with Gasteiger partial charge in [-0.1, -0.05) is 28.1 Å². The molecule has 2 aromatic rings. The van der Waals surface area contributed by atoms with E-state index in [1.165, 1.54) is 0 Å². The molecule has 0 radical (unpaired) electrons. The van der Waals surface area contributed by atoms with E-state index in [9.17, 15) is 9.59 Å². The van der Waals surface area contributed by atoms with Crippen LogP contribution in [0.25, 0.3) is 0 Å². The summed E-state index contributed by atoms with van der Waals surface area (Å²) in [4.78, 5) is 27.8. The van der Waals surface area contributed by atoms with Gasteiger partial charge in [0, 0.05) is 22.4 Å². The van der Waals surface area contributed by atoms with Crippen molar-refractivity contribution in [1.29, 1.82) is 0 Å². The second kappa shape index (κ2) is 7.70. The topological polar surface area (TPSA) is 71.1 Å². The summed E-state index contributed by atoms with van der Waals surface area (Å²) in [6.45, 7) is 1.79. The number of hydrogen-bond donors (Lipinski definition) is 2. The van der Waals surface area contributed by atoms with E-state index in [2.05, 4.69) is 31.5 Å². The Morgan fingerprint density at radius 3 is 2.77 bits per heavy atom. The third-order valence-corrected chi connectivity index (χ3v) is 3.55. The van der Waals surface area contributed by atoms with Crippen molar-refractivity contribution in [2.75, 3.05) is 6.54 Å². The summed E-state index contributed by atoms with van der Waals surface area (Å²) in [6.07, 6.45) is 3.38. The standard InChI is InChI=1S/C16H16BrN3O2/c1-11(13-5-3-7-18-9-13)20-15(21)10-19-16(22)12-4-2-6-14(17)8-12/h2-9,11H,10H2,1H3,(H,19,22)(H,20,21). The summed E-state index contributed by atoms with van der Waals surface area (Å²) in [6, 6.07) is 10.5. The summed E-state index contributed by atoms with van der Waals surface area (Å²) >= 11 is 3.30. The Kier molecular flexibility index (Phi) is 5.66. The maximum atomic E-state index is 11.9. The van der Waals surface area contributed by atoms with Gasteiger partial charge in [-0.05, 0) is 36.8 Å². The van der Waals surface area contributed by atoms with Crippen molar-refractivity contribution < 1.29 is 9.59 Å². The Labute approximate surface area is 137 Å². The summed E-state index contributed by atoms with van der Waals surface area (Å²) in [5, 5.41) is 5.41. The highest BCUT2D eigenvalue weighted by Gasteiger charge is 2.11. The Morgan fingerprint density at radius 2 is 2.09 bits per heavy atom. The lowest BCUT2D eigenvalue weighted by Crippen LogP contribution is -2.38. The van der Waals surface area contributed by atoms with Gasteiger partial charge in [0.25, 0.3) is 5.91 Å². The van der Waals surface area contributed by atoms with E-state index in [0.29, 0.717) is 5.56 Å². The van der Waals surface area contributed by atoms with Gasteiger partial charge in [0.2, 0.25) is 5.91 Å². The highest BCUT2D eigenvalue weighted by atomic mass is 79.9. The van der Waals surface area contributed by atoms with E-state index < -0.39 is 0 Å². The van der Waals surface area contributed by atoms with Gasteiger partial charge in [-0.15, -0.1) is 0 Å². The quantitative estimate of drug-likeness (QED) is 0.858. The number of amides is 2. The molecule has 6 heteroatoms. The van der Waals surface area contributed by atoms with Crippen molar-refractivity contribution in [1.82, 2.24) is 15.6 Å². The molecule has 1 unspecified atom stereocenters. The number of nitrogens with zero attached hydrogens (tertiary/aromatic N) is 1. The maximum absolute atomic E-state index is 11.9. The van der Waals surface area contributed by atoms with Crippen LogP contribution in [0.3, 0.4) is 0 Å². The molecule has 5 nitrogen and oxygen atoms in total. The number of hydrogen-bond acceptors (Lipinski definition) is 3. The molecule has 0 aliphatic carbocycles. The van der Waals surface area contributed by atoms with E-state index in [1.807, 2.05) is 25.1 Å². The number of nitrogens with one attached hydrogen (secondary N) is 2. The summed E-state index contributed by atoms with van der Waals surface area (Å²) < 4.78 is 0.815. The van der Waals surface area contributed by atoms with Crippen LogP contribution >= 0.6 is 15.9 Å². The molecule has 0 bridgehead atoms. The molecule has 1 aromatic heterocycles. The van der Waals surface area contributed by atoms with Gasteiger partial charge in [0.05, 0.1) is 12.6 Å². The van der Waals surface area contributed by atoms with Gasteiger partial charge in [0.1, 0.15) is 0 Å². The third-order valence-electron chi connectivity index (χ3n) is 3.06. The Morgan fingerprint density at radius 1 is 1.27 bits per heavy atom. The van der Waals surface area contributed by atoms with Crippen LogP contribution < -0.4 is 10.6 Å². The van der Waals surface area contributed by atoms with Crippen LogP contribution in [0.2, 0.25) is 0 Å². The van der Waals surface area contributed by atoms with Gasteiger partial charge in [-0.25, -0.2) is 0 Å². The number of benzene rings is 1. The predicted octanol–water partition coefficient (Wildman–Crippen LogP) is 2.45. The van der Waals surface area contributed by atoms with Crippen molar-refractivity contribution in [3.63, 3.8) is 0 Å². The number of carbonyl (C=O) groups excluding carboxylic acids is 2. The SMILES string of the molecule is CC(NC(=O)CNC(=O)c1cccc(Br)c1)c1cccnc1. The molecule has 1 aromatic carbocycles. The molecule has 1 heterocycles. The molecule has 0 saturated carbocycles. The predicted molar refractivity (Wildman–Crippen MR) is 87.3 cm³/mol. The summed E-state index contributed by atoms with van der Waals surface area (Å²) in [5.41, 5.74) is 1.41. The molecule has 1 atom stereocenters. The van der Waals surface area contributed by atoms with E-state index in [-0.39, 0.29) is 24.4 Å². The second-order valence-electron chi connectivity index (χ2n) is 4.77. The van der Waals surface area contributed by atoms with Crippen molar-refractivity contribution in [2.45, 2.75) is 13.0 Å². The van der Waals surface area contributed by atoms with Gasteiger partial charge < -0.3 is 10.6 Å². The fourth-order valence-corrected chi connectivity index (χ4v) is 2.30. The Bertz CT molecular complexity index is 661. The fourth-order valence-electron chi connectivity index (χ4n) is 1.90. The minimum Gasteiger partial charge on any atom is -0.348 e. The molecule has 0 saturated heterocycles. The zero-order valence-corrected chi connectivity index (χ0v) is 13.6. The average Bonchev–Trinajstić information content (AvgIpc) is 2.53. The van der Waals surface area contributed by atoms with E-state index in [1.54, 1.807) is 30.6 Å². The fraction of sp³-hybridized carbons (Fsp3) is 0.188. The number of carbonyl (C=O) groups is 2. The highest BCUT2D eigenvalue weighted by Crippen LogP contribution is 2.11. The minimum atomic E-state index is -0.287. The number of rotatable bonds is 5. The Hall–Kier alpha value is -2.21. The minimum absolute atomic E-state index is 0.0735. The first-order valence-electron chi connectivity index (χ1n) is 6.79. The monoisotopic (exact) mass is 361 g/mol. The average molecular weight is 362 g/mol. The first kappa shape index (κ1) is 16.2. The molecule has 22 heavy (non-hydrogen) atoms. The molecule has 2 N–H and O–H groups in total. The summed E-state index contributed by atoms with van der Waals surface area (Å²) in [5.74, 6) is -0.537. The van der Waals surface area contributed by atoms with Crippen LogP contribution in [-0.4, -0.2) is 23.3 Å². The number of aromatic nitrogens is 1. The van der Waals surface area contributed by atoms with Crippen LogP contribution in [0, 0.1) is 0 Å². The van der Waals surface area contributed by atoms with E-state index in [0.717, 1.165) is 10.0 Å². The molecule has 114 valence electrons. The highest BCUT2D eigenvalue weighted by molar-refractivity contribution is 9.10. The van der Waals surface area contributed by atoms with Crippen molar-refractivity contribution in [2.24, 2.45) is 0 Å². The first-order valence-corrected chi connectivity index (χ1v) is 7.58. The molecule has 2 amide bonds. The van der Waals surface area contributed by atoms with Crippen LogP contribution in [0.15, 0.2) is 53.3 Å². The smallest absolute Gasteiger partial charge is 0.251 e. The second-order valence-corrected chi connectivity index (χ2v) is 5.68. The van der Waals surface area contributed by atoms with Crippen molar-refractivity contribution in [3.8, 4) is 0 Å². The lowest BCUT2D eigenvalue weighted by molar-refractivity contribution is -0.120. The normalized spacial score (nSPS) is 11.5. The first-order chi connectivity index (χ1) is 10.6. The number of pyridine rings is 1. The van der Waals surface area contributed by atoms with Crippen molar-refractivity contribution >= 4 is 27.7 Å². The van der Waals surface area contributed by atoms with E-state index in [4.69, 9.17) is 0 Å². The molecule has 2 rings (SSSR count). The van der Waals surface area contributed by atoms with Gasteiger partial charge in [0.15, 0.2) is 0 Å². The number of halogens is 1. The third kappa shape index (κ3) is 4.66. The molecule has 0 spiro atoms. The van der Waals surface area contributed by atoms with Gasteiger partial charge in [-0.3, -0.25) is 14.6 Å². The van der Waals surface area contributed by atoms with Crippen LogP contribution in [0.4, 0.5) is 0 Å². The van der Waals surface area contributed by atoms with Gasteiger partial charge >= 0.3 is 0 Å². The van der Waals surface area contributed by atoms with Crippen LogP contribution in [0.1, 0.15) is 28.9 Å². The summed E-state index contributed by atoms with van der Waals surface area (Å²) in [7, 11) is 0. The maximum Gasteiger partial charge on any atom is 0.251 e. The molecule has 0 aliphatic heterocycles. The van der Waals surface area contributed by atoms with E-state index >= 15 is 0 Å². The molecular formula is C16H16BrN3O2. The zero-order valence-electron chi connectivity index (χ0n) is 12.0. The molecule has 0 aliphatic rings. The lowest BCUT2D eigenvalue weighted by atomic mass is 10.1. The largest absolute Gasteiger partial charge is 0.348 e. The lowest BCUT2D eigenvalue weighted by Gasteiger charge is -2.14. The molecule has 0 fully saturated rings.